The van der Waals surface area contributed by atoms with Crippen LogP contribution in [0, 0.1) is 0 Å². The second-order valence-electron chi connectivity index (χ2n) is 4.70. The Morgan fingerprint density at radius 3 is 2.58 bits per heavy atom. The van der Waals surface area contributed by atoms with E-state index in [1.54, 1.807) is 6.92 Å². The maximum atomic E-state index is 11.7. The zero-order valence-corrected chi connectivity index (χ0v) is 11.8. The summed E-state index contributed by atoms with van der Waals surface area (Å²) in [7, 11) is 4.04. The van der Waals surface area contributed by atoms with E-state index >= 15 is 0 Å². The Hall–Kier alpha value is -1.76. The first-order valence-corrected chi connectivity index (χ1v) is 6.48. The third kappa shape index (κ3) is 4.13. The third-order valence-electron chi connectivity index (χ3n) is 2.89. The monoisotopic (exact) mass is 269 g/mol. The Labute approximate surface area is 112 Å². The van der Waals surface area contributed by atoms with Gasteiger partial charge in [-0.05, 0) is 40.4 Å². The third-order valence-corrected chi connectivity index (χ3v) is 2.89. The molecule has 0 unspecified atom stereocenters. The Kier molecular flexibility index (Phi) is 5.62. The number of nitrogens with two attached hydrogens (primary N) is 1. The zero-order valence-electron chi connectivity index (χ0n) is 11.8. The van der Waals surface area contributed by atoms with Crippen molar-refractivity contribution in [3.05, 3.63) is 20.8 Å². The second kappa shape index (κ2) is 6.98. The van der Waals surface area contributed by atoms with Gasteiger partial charge in [-0.15, -0.1) is 0 Å². The van der Waals surface area contributed by atoms with Gasteiger partial charge in [-0.3, -0.25) is 14.3 Å². The van der Waals surface area contributed by atoms with Crippen molar-refractivity contribution in [3.63, 3.8) is 0 Å². The topological polar surface area (TPSA) is 96.2 Å². The Balaban J connectivity index is 2.69. The molecule has 1 aromatic heterocycles. The van der Waals surface area contributed by atoms with Crippen molar-refractivity contribution in [2.24, 2.45) is 0 Å². The van der Waals surface area contributed by atoms with Gasteiger partial charge in [0.25, 0.3) is 5.56 Å². The number of nitrogens with zero attached hydrogens (tertiary/aromatic N) is 2. The molecular weight excluding hydrogens is 246 g/mol. The molecule has 0 saturated heterocycles. The molecule has 1 rings (SSSR count). The molecule has 0 aliphatic rings. The molecule has 19 heavy (non-hydrogen) atoms. The number of hydrogen-bond donors (Lipinski definition) is 3. The Bertz CT molecular complexity index is 518. The van der Waals surface area contributed by atoms with Crippen LogP contribution in [0.25, 0.3) is 0 Å². The predicted molar refractivity (Wildman–Crippen MR) is 77.7 cm³/mol. The highest BCUT2D eigenvalue weighted by atomic mass is 16.2. The van der Waals surface area contributed by atoms with Crippen molar-refractivity contribution in [2.45, 2.75) is 26.3 Å². The van der Waals surface area contributed by atoms with E-state index < -0.39 is 11.2 Å². The number of rotatable bonds is 7. The minimum Gasteiger partial charge on any atom is -0.383 e. The smallest absolute Gasteiger partial charge is 0.330 e. The molecule has 0 atom stereocenters. The highest BCUT2D eigenvalue weighted by Crippen LogP contribution is 2.09. The summed E-state index contributed by atoms with van der Waals surface area (Å²) in [6, 6.07) is 0. The van der Waals surface area contributed by atoms with Crippen molar-refractivity contribution in [2.75, 3.05) is 38.2 Å². The summed E-state index contributed by atoms with van der Waals surface area (Å²) in [5, 5.41) is 3.01. The standard InChI is InChI=1S/C12H23N5O2/c1-4-17-10(13)9(11(18)15-12(17)19)14-7-5-6-8-16(2)3/h14H,4-8,13H2,1-3H3,(H,15,18,19). The number of H-pyrrole nitrogens is 1. The summed E-state index contributed by atoms with van der Waals surface area (Å²) in [6.45, 7) is 3.89. The van der Waals surface area contributed by atoms with Crippen LogP contribution in [0.4, 0.5) is 11.5 Å². The summed E-state index contributed by atoms with van der Waals surface area (Å²) in [5.41, 5.74) is 5.19. The molecule has 0 fully saturated rings. The molecular formula is C12H23N5O2. The van der Waals surface area contributed by atoms with Crippen LogP contribution in [0.3, 0.4) is 0 Å². The van der Waals surface area contributed by atoms with Gasteiger partial charge in [0.05, 0.1) is 0 Å². The van der Waals surface area contributed by atoms with E-state index in [1.807, 2.05) is 14.1 Å². The number of aromatic amines is 1. The first-order chi connectivity index (χ1) is 8.97. The fraction of sp³-hybridized carbons (Fsp3) is 0.667. The van der Waals surface area contributed by atoms with E-state index in [2.05, 4.69) is 15.2 Å². The van der Waals surface area contributed by atoms with E-state index in [-0.39, 0.29) is 11.5 Å². The average Bonchev–Trinajstić information content (AvgIpc) is 2.32. The first-order valence-electron chi connectivity index (χ1n) is 6.48. The summed E-state index contributed by atoms with van der Waals surface area (Å²) in [4.78, 5) is 27.5. The summed E-state index contributed by atoms with van der Waals surface area (Å²) >= 11 is 0. The highest BCUT2D eigenvalue weighted by Gasteiger charge is 2.10. The molecule has 0 radical (unpaired) electrons. The first kappa shape index (κ1) is 15.3. The molecule has 108 valence electrons. The largest absolute Gasteiger partial charge is 0.383 e. The molecule has 0 aliphatic carbocycles. The number of hydrogen-bond acceptors (Lipinski definition) is 5. The van der Waals surface area contributed by atoms with Crippen LogP contribution in [0.5, 0.6) is 0 Å². The minimum atomic E-state index is -0.469. The fourth-order valence-corrected chi connectivity index (χ4v) is 1.84. The normalized spacial score (nSPS) is 10.9. The van der Waals surface area contributed by atoms with Crippen LogP contribution in [0.15, 0.2) is 9.59 Å². The summed E-state index contributed by atoms with van der Waals surface area (Å²) in [5.74, 6) is 0.198. The van der Waals surface area contributed by atoms with Crippen LogP contribution >= 0.6 is 0 Å². The van der Waals surface area contributed by atoms with Crippen molar-refractivity contribution >= 4 is 11.5 Å². The second-order valence-corrected chi connectivity index (χ2v) is 4.70. The molecule has 4 N–H and O–H groups in total. The van der Waals surface area contributed by atoms with E-state index in [1.165, 1.54) is 4.57 Å². The van der Waals surface area contributed by atoms with Gasteiger partial charge in [-0.25, -0.2) is 4.79 Å². The fourth-order valence-electron chi connectivity index (χ4n) is 1.84. The number of anilines is 2. The van der Waals surface area contributed by atoms with Crippen molar-refractivity contribution in [1.29, 1.82) is 0 Å². The van der Waals surface area contributed by atoms with Crippen LogP contribution in [0.2, 0.25) is 0 Å². The zero-order chi connectivity index (χ0) is 14.4. The molecule has 0 amide bonds. The molecule has 0 spiro atoms. The predicted octanol–water partition coefficient (Wildman–Crippen LogP) is -0.108. The van der Waals surface area contributed by atoms with Gasteiger partial charge in [0.15, 0.2) is 0 Å². The van der Waals surface area contributed by atoms with Crippen molar-refractivity contribution < 1.29 is 0 Å². The van der Waals surface area contributed by atoms with Crippen molar-refractivity contribution in [1.82, 2.24) is 14.5 Å². The summed E-state index contributed by atoms with van der Waals surface area (Å²) in [6.07, 6.45) is 1.97. The minimum absolute atomic E-state index is 0.198. The number of aromatic nitrogens is 2. The van der Waals surface area contributed by atoms with Gasteiger partial charge >= 0.3 is 5.69 Å². The molecule has 7 heteroatoms. The van der Waals surface area contributed by atoms with Gasteiger partial charge in [-0.1, -0.05) is 0 Å². The lowest BCUT2D eigenvalue weighted by atomic mass is 10.3. The van der Waals surface area contributed by atoms with Gasteiger partial charge in [-0.2, -0.15) is 0 Å². The molecule has 7 nitrogen and oxygen atoms in total. The van der Waals surface area contributed by atoms with E-state index in [9.17, 15) is 9.59 Å². The van der Waals surface area contributed by atoms with Gasteiger partial charge in [0.1, 0.15) is 11.5 Å². The molecule has 1 aromatic rings. The number of nitrogens with one attached hydrogen (secondary N) is 2. The van der Waals surface area contributed by atoms with Gasteiger partial charge in [0.2, 0.25) is 0 Å². The Morgan fingerprint density at radius 2 is 2.00 bits per heavy atom. The quantitative estimate of drug-likeness (QED) is 0.600. The van der Waals surface area contributed by atoms with Crippen LogP contribution < -0.4 is 22.3 Å². The van der Waals surface area contributed by atoms with Crippen molar-refractivity contribution in [3.8, 4) is 0 Å². The Morgan fingerprint density at radius 1 is 1.32 bits per heavy atom. The van der Waals surface area contributed by atoms with Gasteiger partial charge < -0.3 is 16.0 Å². The SMILES string of the molecule is CCn1c(N)c(NCCCCN(C)C)c(=O)[nH]c1=O. The number of nitrogen functional groups attached to an aromatic ring is 1. The lowest BCUT2D eigenvalue weighted by Crippen LogP contribution is -2.33. The lowest BCUT2D eigenvalue weighted by Gasteiger charge is -2.13. The van der Waals surface area contributed by atoms with E-state index in [4.69, 9.17) is 5.73 Å². The summed E-state index contributed by atoms with van der Waals surface area (Å²) < 4.78 is 1.34. The van der Waals surface area contributed by atoms with E-state index in [0.29, 0.717) is 13.1 Å². The molecule has 0 saturated carbocycles. The van der Waals surface area contributed by atoms with Crippen LogP contribution in [-0.2, 0) is 6.54 Å². The maximum Gasteiger partial charge on any atom is 0.330 e. The lowest BCUT2D eigenvalue weighted by molar-refractivity contribution is 0.396. The molecule has 0 aromatic carbocycles. The highest BCUT2D eigenvalue weighted by molar-refractivity contribution is 5.60. The van der Waals surface area contributed by atoms with E-state index in [0.717, 1.165) is 19.4 Å². The molecule has 1 heterocycles. The maximum absolute atomic E-state index is 11.7. The van der Waals surface area contributed by atoms with Gasteiger partial charge in [0, 0.05) is 13.1 Å². The molecule has 0 bridgehead atoms. The average molecular weight is 269 g/mol. The number of unbranched alkanes of at least 4 members (excludes halogenated alkanes) is 1. The van der Waals surface area contributed by atoms with Crippen LogP contribution in [0.1, 0.15) is 19.8 Å². The molecule has 0 aliphatic heterocycles. The van der Waals surface area contributed by atoms with Crippen LogP contribution in [-0.4, -0.2) is 41.6 Å².